The second-order valence-electron chi connectivity index (χ2n) is 6.53. The molecule has 0 atom stereocenters. The molecule has 21 heavy (non-hydrogen) atoms. The highest BCUT2D eigenvalue weighted by Crippen LogP contribution is 2.34. The standard InChI is InChI=1S/C17H24N2O2/c1-14(2)19-13-17(21-16(19)20)8-10-18(11-9-17)12-15-6-4-3-5-7-15/h3-7,14H,8-13H2,1-2H3. The van der Waals surface area contributed by atoms with Gasteiger partial charge in [0, 0.05) is 38.5 Å². The van der Waals surface area contributed by atoms with E-state index in [1.165, 1.54) is 5.56 Å². The predicted octanol–water partition coefficient (Wildman–Crippen LogP) is 2.88. The first-order valence-electron chi connectivity index (χ1n) is 7.84. The maximum absolute atomic E-state index is 12.0. The van der Waals surface area contributed by atoms with Gasteiger partial charge in [-0.1, -0.05) is 30.3 Å². The highest BCUT2D eigenvalue weighted by atomic mass is 16.6. The summed E-state index contributed by atoms with van der Waals surface area (Å²) in [5, 5.41) is 0. The van der Waals surface area contributed by atoms with E-state index in [1.807, 2.05) is 24.8 Å². The molecule has 4 nitrogen and oxygen atoms in total. The van der Waals surface area contributed by atoms with E-state index in [0.717, 1.165) is 39.0 Å². The van der Waals surface area contributed by atoms with E-state index in [4.69, 9.17) is 4.74 Å². The molecule has 0 saturated carbocycles. The quantitative estimate of drug-likeness (QED) is 0.857. The molecule has 2 aliphatic rings. The normalized spacial score (nSPS) is 22.0. The van der Waals surface area contributed by atoms with Crippen LogP contribution in [0.1, 0.15) is 32.3 Å². The van der Waals surface area contributed by atoms with Crippen molar-refractivity contribution in [2.24, 2.45) is 0 Å². The van der Waals surface area contributed by atoms with Crippen LogP contribution in [0.3, 0.4) is 0 Å². The van der Waals surface area contributed by atoms with Crippen molar-refractivity contribution < 1.29 is 9.53 Å². The maximum atomic E-state index is 12.0. The van der Waals surface area contributed by atoms with Crippen LogP contribution in [-0.2, 0) is 11.3 Å². The van der Waals surface area contributed by atoms with E-state index in [-0.39, 0.29) is 17.7 Å². The van der Waals surface area contributed by atoms with Crippen molar-refractivity contribution in [3.63, 3.8) is 0 Å². The Morgan fingerprint density at radius 2 is 1.86 bits per heavy atom. The Morgan fingerprint density at radius 3 is 2.43 bits per heavy atom. The van der Waals surface area contributed by atoms with Crippen LogP contribution in [0.25, 0.3) is 0 Å². The van der Waals surface area contributed by atoms with E-state index in [2.05, 4.69) is 29.2 Å². The SMILES string of the molecule is CC(C)N1CC2(CCN(Cc3ccccc3)CC2)OC1=O. The molecule has 1 spiro atoms. The molecule has 1 aromatic rings. The molecule has 2 saturated heterocycles. The van der Waals surface area contributed by atoms with Crippen molar-refractivity contribution in [2.75, 3.05) is 19.6 Å². The van der Waals surface area contributed by atoms with E-state index in [9.17, 15) is 4.79 Å². The molecule has 2 fully saturated rings. The minimum Gasteiger partial charge on any atom is -0.441 e. The van der Waals surface area contributed by atoms with Crippen molar-refractivity contribution in [1.82, 2.24) is 9.80 Å². The first-order valence-corrected chi connectivity index (χ1v) is 7.84. The number of carbonyl (C=O) groups excluding carboxylic acids is 1. The molecule has 0 aromatic heterocycles. The summed E-state index contributed by atoms with van der Waals surface area (Å²) in [5.74, 6) is 0. The zero-order valence-corrected chi connectivity index (χ0v) is 12.9. The predicted molar refractivity (Wildman–Crippen MR) is 82.0 cm³/mol. The number of piperidine rings is 1. The fourth-order valence-corrected chi connectivity index (χ4v) is 3.26. The Kier molecular flexibility index (Phi) is 3.89. The van der Waals surface area contributed by atoms with Crippen LogP contribution in [0.5, 0.6) is 0 Å². The summed E-state index contributed by atoms with van der Waals surface area (Å²) in [4.78, 5) is 16.3. The van der Waals surface area contributed by atoms with E-state index < -0.39 is 0 Å². The largest absolute Gasteiger partial charge is 0.441 e. The Hall–Kier alpha value is -1.55. The summed E-state index contributed by atoms with van der Waals surface area (Å²) in [6.45, 7) is 7.82. The second kappa shape index (κ2) is 5.68. The molecule has 2 aliphatic heterocycles. The number of carbonyl (C=O) groups is 1. The molecule has 2 heterocycles. The molecule has 0 bridgehead atoms. The molecular weight excluding hydrogens is 264 g/mol. The Balaban J connectivity index is 1.57. The summed E-state index contributed by atoms with van der Waals surface area (Å²) in [5.41, 5.74) is 1.11. The smallest absolute Gasteiger partial charge is 0.410 e. The molecule has 0 aliphatic carbocycles. The zero-order chi connectivity index (χ0) is 14.9. The van der Waals surface area contributed by atoms with E-state index >= 15 is 0 Å². The van der Waals surface area contributed by atoms with Crippen LogP contribution < -0.4 is 0 Å². The lowest BCUT2D eigenvalue weighted by atomic mass is 9.91. The highest BCUT2D eigenvalue weighted by Gasteiger charge is 2.47. The van der Waals surface area contributed by atoms with Crippen LogP contribution in [0.4, 0.5) is 4.79 Å². The fourth-order valence-electron chi connectivity index (χ4n) is 3.26. The van der Waals surface area contributed by atoms with Crippen molar-refractivity contribution in [3.05, 3.63) is 35.9 Å². The van der Waals surface area contributed by atoms with E-state index in [1.54, 1.807) is 0 Å². The summed E-state index contributed by atoms with van der Waals surface area (Å²) >= 11 is 0. The minimum atomic E-state index is -0.242. The molecule has 1 aromatic carbocycles. The summed E-state index contributed by atoms with van der Waals surface area (Å²) in [6, 6.07) is 10.8. The van der Waals surface area contributed by atoms with Gasteiger partial charge in [0.05, 0.1) is 6.54 Å². The molecular formula is C17H24N2O2. The lowest BCUT2D eigenvalue weighted by Crippen LogP contribution is -2.47. The van der Waals surface area contributed by atoms with Crippen LogP contribution >= 0.6 is 0 Å². The maximum Gasteiger partial charge on any atom is 0.410 e. The Labute approximate surface area is 126 Å². The van der Waals surface area contributed by atoms with Gasteiger partial charge in [0.2, 0.25) is 0 Å². The fraction of sp³-hybridized carbons (Fsp3) is 0.588. The third-order valence-corrected chi connectivity index (χ3v) is 4.64. The summed E-state index contributed by atoms with van der Waals surface area (Å²) in [6.07, 6.45) is 1.74. The first-order chi connectivity index (χ1) is 10.1. The van der Waals surface area contributed by atoms with Gasteiger partial charge in [-0.25, -0.2) is 4.79 Å². The lowest BCUT2D eigenvalue weighted by molar-refractivity contribution is -0.00130. The molecule has 3 rings (SSSR count). The average molecular weight is 288 g/mol. The molecule has 114 valence electrons. The van der Waals surface area contributed by atoms with Crippen molar-refractivity contribution in [2.45, 2.75) is 44.9 Å². The number of ether oxygens (including phenoxy) is 1. The van der Waals surface area contributed by atoms with Crippen LogP contribution in [0, 0.1) is 0 Å². The first kappa shape index (κ1) is 14.4. The number of benzene rings is 1. The van der Waals surface area contributed by atoms with E-state index in [0.29, 0.717) is 0 Å². The van der Waals surface area contributed by atoms with Gasteiger partial charge in [-0.15, -0.1) is 0 Å². The van der Waals surface area contributed by atoms with Gasteiger partial charge >= 0.3 is 6.09 Å². The molecule has 1 amide bonds. The van der Waals surface area contributed by atoms with Gasteiger partial charge in [-0.2, -0.15) is 0 Å². The van der Waals surface area contributed by atoms with Gasteiger partial charge in [0.15, 0.2) is 0 Å². The van der Waals surface area contributed by atoms with Crippen LogP contribution in [0.2, 0.25) is 0 Å². The van der Waals surface area contributed by atoms with Gasteiger partial charge in [-0.05, 0) is 19.4 Å². The number of hydrogen-bond donors (Lipinski definition) is 0. The second-order valence-corrected chi connectivity index (χ2v) is 6.53. The van der Waals surface area contributed by atoms with Crippen molar-refractivity contribution in [3.8, 4) is 0 Å². The summed E-state index contributed by atoms with van der Waals surface area (Å²) in [7, 11) is 0. The zero-order valence-electron chi connectivity index (χ0n) is 12.9. The van der Waals surface area contributed by atoms with Crippen LogP contribution in [-0.4, -0.2) is 47.2 Å². The average Bonchev–Trinajstić information content (AvgIpc) is 2.80. The van der Waals surface area contributed by atoms with Gasteiger partial charge in [0.1, 0.15) is 5.60 Å². The van der Waals surface area contributed by atoms with Crippen LogP contribution in [0.15, 0.2) is 30.3 Å². The molecule has 0 radical (unpaired) electrons. The topological polar surface area (TPSA) is 32.8 Å². The molecule has 0 N–H and O–H groups in total. The summed E-state index contributed by atoms with van der Waals surface area (Å²) < 4.78 is 5.72. The monoisotopic (exact) mass is 288 g/mol. The molecule has 0 unspecified atom stereocenters. The number of likely N-dealkylation sites (tertiary alicyclic amines) is 1. The molecule has 4 heteroatoms. The number of rotatable bonds is 3. The van der Waals surface area contributed by atoms with Gasteiger partial charge in [0.25, 0.3) is 0 Å². The third-order valence-electron chi connectivity index (χ3n) is 4.64. The number of nitrogens with zero attached hydrogens (tertiary/aromatic N) is 2. The van der Waals surface area contributed by atoms with Gasteiger partial charge < -0.3 is 9.64 Å². The Bertz CT molecular complexity index is 493. The van der Waals surface area contributed by atoms with Gasteiger partial charge in [-0.3, -0.25) is 4.90 Å². The minimum absolute atomic E-state index is 0.137. The third kappa shape index (κ3) is 3.05. The Morgan fingerprint density at radius 1 is 1.19 bits per heavy atom. The van der Waals surface area contributed by atoms with Crippen molar-refractivity contribution in [1.29, 1.82) is 0 Å². The lowest BCUT2D eigenvalue weighted by Gasteiger charge is -2.37. The van der Waals surface area contributed by atoms with Crippen molar-refractivity contribution >= 4 is 6.09 Å². The number of hydrogen-bond acceptors (Lipinski definition) is 3. The highest BCUT2D eigenvalue weighted by molar-refractivity contribution is 5.71. The number of amides is 1.